The second kappa shape index (κ2) is 5.80. The molecule has 0 spiro atoms. The zero-order valence-electron chi connectivity index (χ0n) is 11.5. The highest BCUT2D eigenvalue weighted by molar-refractivity contribution is 5.39. The maximum atomic E-state index is 5.98. The van der Waals surface area contributed by atoms with Gasteiger partial charge in [-0.15, -0.1) is 0 Å². The third-order valence-electron chi connectivity index (χ3n) is 3.97. The van der Waals surface area contributed by atoms with Gasteiger partial charge in [-0.05, 0) is 37.6 Å². The first-order valence-corrected chi connectivity index (χ1v) is 7.08. The van der Waals surface area contributed by atoms with Crippen LogP contribution in [0.2, 0.25) is 0 Å². The van der Waals surface area contributed by atoms with Crippen LogP contribution in [0.1, 0.15) is 6.42 Å². The predicted molar refractivity (Wildman–Crippen MR) is 74.8 cm³/mol. The zero-order valence-corrected chi connectivity index (χ0v) is 11.5. The Hall–Kier alpha value is -1.26. The smallest absolute Gasteiger partial charge is 0.161 e. The average Bonchev–Trinajstić information content (AvgIpc) is 2.89. The Bertz CT molecular complexity index is 412. The predicted octanol–water partition coefficient (Wildman–Crippen LogP) is 1.37. The van der Waals surface area contributed by atoms with Crippen molar-refractivity contribution in [2.24, 2.45) is 5.92 Å². The number of benzene rings is 1. The highest BCUT2D eigenvalue weighted by Gasteiger charge is 2.31. The summed E-state index contributed by atoms with van der Waals surface area (Å²) >= 11 is 0. The maximum absolute atomic E-state index is 5.98. The molecule has 0 aromatic heterocycles. The molecule has 2 aliphatic rings. The Morgan fingerprint density at radius 3 is 2.74 bits per heavy atom. The number of rotatable bonds is 5. The van der Waals surface area contributed by atoms with Crippen LogP contribution in [0.5, 0.6) is 11.5 Å². The minimum atomic E-state index is 0.311. The van der Waals surface area contributed by atoms with Gasteiger partial charge in [0.15, 0.2) is 11.5 Å². The van der Waals surface area contributed by atoms with Crippen LogP contribution in [0.15, 0.2) is 24.3 Å². The van der Waals surface area contributed by atoms with E-state index in [0.717, 1.165) is 30.5 Å². The van der Waals surface area contributed by atoms with E-state index in [0.29, 0.717) is 6.10 Å². The van der Waals surface area contributed by atoms with Crippen molar-refractivity contribution in [2.45, 2.75) is 12.5 Å². The molecule has 0 saturated carbocycles. The Labute approximate surface area is 114 Å². The molecule has 2 heterocycles. The minimum Gasteiger partial charge on any atom is -0.493 e. The normalized spacial score (nSPS) is 24.2. The average molecular weight is 262 g/mol. The van der Waals surface area contributed by atoms with E-state index < -0.39 is 0 Å². The molecule has 2 aliphatic heterocycles. The molecule has 4 heteroatoms. The van der Waals surface area contributed by atoms with Crippen molar-refractivity contribution in [3.8, 4) is 11.5 Å². The standard InChI is InChI=1S/C15H22N2O2/c1-18-14-4-2-3-5-15(14)19-13-10-17(11-13)9-12-6-7-16-8-12/h2-5,12-13,16H,6-11H2,1H3/t12-/m1/s1. The van der Waals surface area contributed by atoms with E-state index in [9.17, 15) is 0 Å². The number of nitrogens with one attached hydrogen (secondary N) is 1. The minimum absolute atomic E-state index is 0.311. The van der Waals surface area contributed by atoms with Gasteiger partial charge in [0, 0.05) is 19.6 Å². The highest BCUT2D eigenvalue weighted by Crippen LogP contribution is 2.29. The summed E-state index contributed by atoms with van der Waals surface area (Å²) < 4.78 is 11.3. The van der Waals surface area contributed by atoms with Crippen LogP contribution in [-0.2, 0) is 0 Å². The summed E-state index contributed by atoms with van der Waals surface area (Å²) in [7, 11) is 1.68. The van der Waals surface area contributed by atoms with E-state index in [1.165, 1.54) is 26.1 Å². The second-order valence-electron chi connectivity index (χ2n) is 5.47. The zero-order chi connectivity index (χ0) is 13.1. The Morgan fingerprint density at radius 2 is 2.05 bits per heavy atom. The monoisotopic (exact) mass is 262 g/mol. The second-order valence-corrected chi connectivity index (χ2v) is 5.47. The first-order chi connectivity index (χ1) is 9.35. The third-order valence-corrected chi connectivity index (χ3v) is 3.97. The fourth-order valence-corrected chi connectivity index (χ4v) is 2.88. The highest BCUT2D eigenvalue weighted by atomic mass is 16.5. The summed E-state index contributed by atoms with van der Waals surface area (Å²) in [5.41, 5.74) is 0. The van der Waals surface area contributed by atoms with Gasteiger partial charge in [0.1, 0.15) is 6.10 Å². The van der Waals surface area contributed by atoms with Crippen molar-refractivity contribution in [3.63, 3.8) is 0 Å². The van der Waals surface area contributed by atoms with E-state index in [-0.39, 0.29) is 0 Å². The van der Waals surface area contributed by atoms with Gasteiger partial charge in [-0.2, -0.15) is 0 Å². The van der Waals surface area contributed by atoms with Gasteiger partial charge in [0.2, 0.25) is 0 Å². The van der Waals surface area contributed by atoms with Crippen molar-refractivity contribution in [3.05, 3.63) is 24.3 Å². The summed E-state index contributed by atoms with van der Waals surface area (Å²) in [6.45, 7) is 5.63. The van der Waals surface area contributed by atoms with Gasteiger partial charge in [-0.25, -0.2) is 0 Å². The molecule has 0 unspecified atom stereocenters. The number of ether oxygens (including phenoxy) is 2. The van der Waals surface area contributed by atoms with E-state index >= 15 is 0 Å². The van der Waals surface area contributed by atoms with E-state index in [1.54, 1.807) is 7.11 Å². The molecule has 2 saturated heterocycles. The van der Waals surface area contributed by atoms with Crippen LogP contribution >= 0.6 is 0 Å². The van der Waals surface area contributed by atoms with Crippen LogP contribution in [0.4, 0.5) is 0 Å². The maximum Gasteiger partial charge on any atom is 0.161 e. The van der Waals surface area contributed by atoms with Gasteiger partial charge < -0.3 is 14.8 Å². The first-order valence-electron chi connectivity index (χ1n) is 7.08. The quantitative estimate of drug-likeness (QED) is 0.869. The molecule has 2 fully saturated rings. The number of methoxy groups -OCH3 is 1. The van der Waals surface area contributed by atoms with Crippen molar-refractivity contribution < 1.29 is 9.47 Å². The molecular formula is C15H22N2O2. The fraction of sp³-hybridized carbons (Fsp3) is 0.600. The largest absolute Gasteiger partial charge is 0.493 e. The summed E-state index contributed by atoms with van der Waals surface area (Å²) in [4.78, 5) is 2.48. The first kappa shape index (κ1) is 12.8. The van der Waals surface area contributed by atoms with Crippen LogP contribution in [-0.4, -0.2) is 50.8 Å². The molecule has 0 aliphatic carbocycles. The van der Waals surface area contributed by atoms with Gasteiger partial charge in [-0.1, -0.05) is 12.1 Å². The van der Waals surface area contributed by atoms with Crippen LogP contribution < -0.4 is 14.8 Å². The topological polar surface area (TPSA) is 33.7 Å². The molecule has 0 bridgehead atoms. The molecule has 3 rings (SSSR count). The van der Waals surface area contributed by atoms with E-state index in [2.05, 4.69) is 10.2 Å². The third kappa shape index (κ3) is 3.01. The number of hydrogen-bond donors (Lipinski definition) is 1. The number of nitrogens with zero attached hydrogens (tertiary/aromatic N) is 1. The Kier molecular flexibility index (Phi) is 3.89. The van der Waals surface area contributed by atoms with Gasteiger partial charge in [0.05, 0.1) is 7.11 Å². The lowest BCUT2D eigenvalue weighted by Gasteiger charge is -2.40. The number of para-hydroxylation sites is 2. The molecule has 1 aromatic rings. The van der Waals surface area contributed by atoms with Crippen LogP contribution in [0, 0.1) is 5.92 Å². The lowest BCUT2D eigenvalue weighted by atomic mass is 10.0. The SMILES string of the molecule is COc1ccccc1OC1CN(C[C@@H]2CCNC2)C1. The molecule has 0 amide bonds. The van der Waals surface area contributed by atoms with Crippen LogP contribution in [0.25, 0.3) is 0 Å². The van der Waals surface area contributed by atoms with Crippen LogP contribution in [0.3, 0.4) is 0 Å². The van der Waals surface area contributed by atoms with Crippen molar-refractivity contribution in [1.29, 1.82) is 0 Å². The van der Waals surface area contributed by atoms with Gasteiger partial charge in [-0.3, -0.25) is 4.90 Å². The van der Waals surface area contributed by atoms with Crippen molar-refractivity contribution >= 4 is 0 Å². The summed E-state index contributed by atoms with van der Waals surface area (Å²) in [5, 5.41) is 3.42. The van der Waals surface area contributed by atoms with E-state index in [1.807, 2.05) is 24.3 Å². The summed E-state index contributed by atoms with van der Waals surface area (Å²) in [5.74, 6) is 2.50. The molecule has 1 N–H and O–H groups in total. The van der Waals surface area contributed by atoms with Crippen molar-refractivity contribution in [1.82, 2.24) is 10.2 Å². The Morgan fingerprint density at radius 1 is 1.26 bits per heavy atom. The van der Waals surface area contributed by atoms with Crippen molar-refractivity contribution in [2.75, 3.05) is 39.8 Å². The van der Waals surface area contributed by atoms with Gasteiger partial charge >= 0.3 is 0 Å². The lowest BCUT2D eigenvalue weighted by Crippen LogP contribution is -2.55. The molecule has 19 heavy (non-hydrogen) atoms. The summed E-state index contributed by atoms with van der Waals surface area (Å²) in [6.07, 6.45) is 1.62. The van der Waals surface area contributed by atoms with E-state index in [4.69, 9.17) is 9.47 Å². The van der Waals surface area contributed by atoms with Gasteiger partial charge in [0.25, 0.3) is 0 Å². The molecule has 104 valence electrons. The molecule has 1 atom stereocenters. The summed E-state index contributed by atoms with van der Waals surface area (Å²) in [6, 6.07) is 7.86. The lowest BCUT2D eigenvalue weighted by molar-refractivity contribution is 0.0104. The number of hydrogen-bond acceptors (Lipinski definition) is 4. The fourth-order valence-electron chi connectivity index (χ4n) is 2.88. The molecular weight excluding hydrogens is 240 g/mol. The molecule has 4 nitrogen and oxygen atoms in total. The molecule has 1 aromatic carbocycles. The Balaban J connectivity index is 1.45. The molecule has 0 radical (unpaired) electrons. The number of likely N-dealkylation sites (tertiary alicyclic amines) is 1.